The molecule has 1 unspecified atom stereocenters. The Bertz CT molecular complexity index is 402. The predicted molar refractivity (Wildman–Crippen MR) is 59.3 cm³/mol. The molecule has 0 spiro atoms. The monoisotopic (exact) mass is 225 g/mol. The normalized spacial score (nSPS) is 14.3. The number of benzene rings is 1. The fraction of sp³-hybridized carbons (Fsp3) is 0.417. The van der Waals surface area contributed by atoms with Gasteiger partial charge in [-0.15, -0.1) is 0 Å². The van der Waals surface area contributed by atoms with E-state index in [9.17, 15) is 9.18 Å². The van der Waals surface area contributed by atoms with E-state index in [1.807, 2.05) is 6.92 Å². The molecule has 0 saturated carbocycles. The zero-order valence-electron chi connectivity index (χ0n) is 9.71. The molecule has 0 heterocycles. The van der Waals surface area contributed by atoms with Crippen molar-refractivity contribution >= 4 is 5.97 Å². The van der Waals surface area contributed by atoms with Gasteiger partial charge in [0.25, 0.3) is 0 Å². The van der Waals surface area contributed by atoms with Crippen molar-refractivity contribution in [2.75, 3.05) is 6.61 Å². The highest BCUT2D eigenvalue weighted by Crippen LogP contribution is 2.23. The van der Waals surface area contributed by atoms with Gasteiger partial charge in [-0.2, -0.15) is 0 Å². The Balaban J connectivity index is 3.15. The Morgan fingerprint density at radius 2 is 2.19 bits per heavy atom. The molecule has 0 aromatic heterocycles. The van der Waals surface area contributed by atoms with E-state index in [2.05, 4.69) is 0 Å². The van der Waals surface area contributed by atoms with Gasteiger partial charge in [0.15, 0.2) is 0 Å². The first kappa shape index (κ1) is 12.6. The Hall–Kier alpha value is -1.42. The second-order valence-corrected chi connectivity index (χ2v) is 3.91. The fourth-order valence-corrected chi connectivity index (χ4v) is 1.43. The highest BCUT2D eigenvalue weighted by molar-refractivity contribution is 5.82. The number of halogens is 1. The lowest BCUT2D eigenvalue weighted by Crippen LogP contribution is -2.44. The molecule has 0 aliphatic rings. The molecule has 88 valence electrons. The van der Waals surface area contributed by atoms with Gasteiger partial charge in [-0.25, -0.2) is 9.18 Å². The summed E-state index contributed by atoms with van der Waals surface area (Å²) >= 11 is 0. The summed E-state index contributed by atoms with van der Waals surface area (Å²) < 4.78 is 18.4. The van der Waals surface area contributed by atoms with Gasteiger partial charge in [0.2, 0.25) is 0 Å². The van der Waals surface area contributed by atoms with Crippen molar-refractivity contribution in [3.05, 3.63) is 35.1 Å². The van der Waals surface area contributed by atoms with Gasteiger partial charge < -0.3 is 10.5 Å². The second kappa shape index (κ2) is 4.61. The molecule has 0 aliphatic heterocycles. The highest BCUT2D eigenvalue weighted by Gasteiger charge is 2.34. The first-order valence-electron chi connectivity index (χ1n) is 5.12. The largest absolute Gasteiger partial charge is 0.464 e. The van der Waals surface area contributed by atoms with E-state index in [1.54, 1.807) is 19.1 Å². The molecule has 1 aromatic rings. The maximum Gasteiger partial charge on any atom is 0.330 e. The lowest BCUT2D eigenvalue weighted by atomic mass is 9.91. The summed E-state index contributed by atoms with van der Waals surface area (Å²) in [5.41, 5.74) is 5.37. The molecule has 3 nitrogen and oxygen atoms in total. The summed E-state index contributed by atoms with van der Waals surface area (Å²) in [5.74, 6) is -1.12. The van der Waals surface area contributed by atoms with Crippen LogP contribution in [0.5, 0.6) is 0 Å². The lowest BCUT2D eigenvalue weighted by molar-refractivity contribution is -0.149. The smallest absolute Gasteiger partial charge is 0.330 e. The van der Waals surface area contributed by atoms with Crippen LogP contribution in [0.3, 0.4) is 0 Å². The van der Waals surface area contributed by atoms with E-state index in [4.69, 9.17) is 10.5 Å². The minimum absolute atomic E-state index is 0.158. The number of ether oxygens (including phenoxy) is 1. The van der Waals surface area contributed by atoms with Crippen molar-refractivity contribution in [1.82, 2.24) is 0 Å². The van der Waals surface area contributed by atoms with Crippen LogP contribution in [0.25, 0.3) is 0 Å². The molecule has 16 heavy (non-hydrogen) atoms. The summed E-state index contributed by atoms with van der Waals surface area (Å²) in [6.45, 7) is 5.16. The van der Waals surface area contributed by atoms with Crippen LogP contribution in [-0.4, -0.2) is 12.6 Å². The van der Waals surface area contributed by atoms with Crippen LogP contribution in [0.2, 0.25) is 0 Å². The number of esters is 1. The van der Waals surface area contributed by atoms with Gasteiger partial charge >= 0.3 is 5.97 Å². The van der Waals surface area contributed by atoms with Crippen LogP contribution < -0.4 is 5.73 Å². The molecule has 0 bridgehead atoms. The third-order valence-electron chi connectivity index (χ3n) is 2.38. The molecule has 1 aromatic carbocycles. The Morgan fingerprint density at radius 3 is 2.75 bits per heavy atom. The number of carbonyl (C=O) groups excluding carboxylic acids is 1. The van der Waals surface area contributed by atoms with Crippen molar-refractivity contribution < 1.29 is 13.9 Å². The van der Waals surface area contributed by atoms with Crippen LogP contribution in [0.1, 0.15) is 25.0 Å². The standard InChI is InChI=1S/C12H16FNO2/c1-4-16-11(15)12(3,14)9-7-8(2)5-6-10(9)13/h5-7H,4,14H2,1-3H3. The first-order chi connectivity index (χ1) is 7.39. The third kappa shape index (κ3) is 2.39. The average Bonchev–Trinajstić information content (AvgIpc) is 2.22. The van der Waals surface area contributed by atoms with Gasteiger partial charge in [0, 0.05) is 5.56 Å². The molecular formula is C12H16FNO2. The molecular weight excluding hydrogens is 209 g/mol. The number of aryl methyl sites for hydroxylation is 1. The van der Waals surface area contributed by atoms with E-state index in [-0.39, 0.29) is 12.2 Å². The molecule has 0 fully saturated rings. The van der Waals surface area contributed by atoms with Crippen LogP contribution in [0, 0.1) is 12.7 Å². The Kier molecular flexibility index (Phi) is 3.65. The van der Waals surface area contributed by atoms with Gasteiger partial charge in [0.1, 0.15) is 11.4 Å². The summed E-state index contributed by atoms with van der Waals surface area (Å²) in [7, 11) is 0. The molecule has 4 heteroatoms. The van der Waals surface area contributed by atoms with Crippen molar-refractivity contribution in [3.63, 3.8) is 0 Å². The predicted octanol–water partition coefficient (Wildman–Crippen LogP) is 1.87. The second-order valence-electron chi connectivity index (χ2n) is 3.91. The minimum Gasteiger partial charge on any atom is -0.464 e. The Labute approximate surface area is 94.4 Å². The van der Waals surface area contributed by atoms with Gasteiger partial charge in [-0.1, -0.05) is 17.7 Å². The van der Waals surface area contributed by atoms with Crippen LogP contribution in [-0.2, 0) is 15.1 Å². The summed E-state index contributed by atoms with van der Waals surface area (Å²) in [5, 5.41) is 0. The zero-order chi connectivity index (χ0) is 12.3. The zero-order valence-corrected chi connectivity index (χ0v) is 9.71. The van der Waals surface area contributed by atoms with Gasteiger partial charge in [0.05, 0.1) is 6.61 Å². The molecule has 0 saturated heterocycles. The SMILES string of the molecule is CCOC(=O)C(C)(N)c1cc(C)ccc1F. The summed E-state index contributed by atoms with van der Waals surface area (Å²) in [4.78, 5) is 11.6. The van der Waals surface area contributed by atoms with E-state index >= 15 is 0 Å². The lowest BCUT2D eigenvalue weighted by Gasteiger charge is -2.23. The van der Waals surface area contributed by atoms with E-state index in [0.29, 0.717) is 0 Å². The van der Waals surface area contributed by atoms with Crippen LogP contribution in [0.15, 0.2) is 18.2 Å². The van der Waals surface area contributed by atoms with Crippen molar-refractivity contribution in [2.45, 2.75) is 26.3 Å². The average molecular weight is 225 g/mol. The van der Waals surface area contributed by atoms with Crippen molar-refractivity contribution in [2.24, 2.45) is 5.73 Å². The topological polar surface area (TPSA) is 52.3 Å². The quantitative estimate of drug-likeness (QED) is 0.799. The van der Waals surface area contributed by atoms with Crippen molar-refractivity contribution in [1.29, 1.82) is 0 Å². The Morgan fingerprint density at radius 1 is 1.56 bits per heavy atom. The maximum atomic E-state index is 13.6. The van der Waals surface area contributed by atoms with Crippen molar-refractivity contribution in [3.8, 4) is 0 Å². The van der Waals surface area contributed by atoms with Gasteiger partial charge in [-0.05, 0) is 26.8 Å². The van der Waals surface area contributed by atoms with E-state index in [0.717, 1.165) is 5.56 Å². The molecule has 0 aliphatic carbocycles. The third-order valence-corrected chi connectivity index (χ3v) is 2.38. The highest BCUT2D eigenvalue weighted by atomic mass is 19.1. The maximum absolute atomic E-state index is 13.6. The molecule has 1 rings (SSSR count). The van der Waals surface area contributed by atoms with Crippen LogP contribution >= 0.6 is 0 Å². The number of hydrogen-bond acceptors (Lipinski definition) is 3. The number of nitrogens with two attached hydrogens (primary N) is 1. The number of hydrogen-bond donors (Lipinski definition) is 1. The first-order valence-corrected chi connectivity index (χ1v) is 5.12. The molecule has 2 N–H and O–H groups in total. The number of carbonyl (C=O) groups is 1. The van der Waals surface area contributed by atoms with E-state index < -0.39 is 17.3 Å². The molecule has 0 radical (unpaired) electrons. The molecule has 0 amide bonds. The fourth-order valence-electron chi connectivity index (χ4n) is 1.43. The molecule has 1 atom stereocenters. The summed E-state index contributed by atoms with van der Waals surface area (Å²) in [6, 6.07) is 4.49. The van der Waals surface area contributed by atoms with Gasteiger partial charge in [-0.3, -0.25) is 0 Å². The van der Waals surface area contributed by atoms with E-state index in [1.165, 1.54) is 13.0 Å². The summed E-state index contributed by atoms with van der Waals surface area (Å²) in [6.07, 6.45) is 0. The minimum atomic E-state index is -1.45. The number of rotatable bonds is 3. The van der Waals surface area contributed by atoms with Crippen LogP contribution in [0.4, 0.5) is 4.39 Å².